The molecule has 0 atom stereocenters. The SMILES string of the molecule is CC(=O)[O-].CC(C)=CCCC(C)=CC=CC=CC[P+](c1ccccc1)(c1ccccc1)c1cccc(C)c1. The maximum Gasteiger partial charge on any atom is 0.115 e. The first-order valence-electron chi connectivity index (χ1n) is 13.1. The molecule has 0 bridgehead atoms. The second-order valence-electron chi connectivity index (χ2n) is 9.64. The van der Waals surface area contributed by atoms with Crippen molar-refractivity contribution in [1.82, 2.24) is 0 Å². The quantitative estimate of drug-likeness (QED) is 0.165. The summed E-state index contributed by atoms with van der Waals surface area (Å²) in [6, 6.07) is 31.3. The number of carboxylic acid groups (broad SMARTS) is 1. The number of hydrogen-bond donors (Lipinski definition) is 0. The lowest BCUT2D eigenvalue weighted by Crippen LogP contribution is -2.33. The van der Waals surface area contributed by atoms with Crippen LogP contribution >= 0.6 is 7.26 Å². The number of aryl methyl sites for hydroxylation is 1. The Hall–Kier alpha value is -3.48. The molecule has 38 heavy (non-hydrogen) atoms. The van der Waals surface area contributed by atoms with Gasteiger partial charge in [-0.25, -0.2) is 0 Å². The molecular weight excluding hydrogens is 483 g/mol. The van der Waals surface area contributed by atoms with Crippen LogP contribution in [0.5, 0.6) is 0 Å². The van der Waals surface area contributed by atoms with Gasteiger partial charge in [-0.1, -0.05) is 90.1 Å². The summed E-state index contributed by atoms with van der Waals surface area (Å²) < 4.78 is 0. The third-order valence-electron chi connectivity index (χ3n) is 6.05. The smallest absolute Gasteiger partial charge is 0.115 e. The first-order chi connectivity index (χ1) is 18.3. The molecule has 0 aromatic heterocycles. The van der Waals surface area contributed by atoms with Crippen molar-refractivity contribution in [2.24, 2.45) is 0 Å². The number of allylic oxidation sites excluding steroid dienone is 8. The van der Waals surface area contributed by atoms with E-state index < -0.39 is 13.2 Å². The standard InChI is InChI=1S/C33H38P.C2H4O2/c1-28(2)17-15-19-29(3)18-9-5-6-14-26-34(31-21-10-7-11-22-31,32-23-12-8-13-24-32)33-25-16-20-30(4)27-33;1-2(3)4/h5-14,16-18,20-25,27H,15,19,26H2,1-4H3;1H3,(H,3,4)/q+1;/p-1. The zero-order valence-electron chi connectivity index (χ0n) is 23.4. The lowest BCUT2D eigenvalue weighted by Gasteiger charge is -2.26. The molecule has 0 aliphatic rings. The summed E-state index contributed by atoms with van der Waals surface area (Å²) in [6.07, 6.45) is 16.7. The van der Waals surface area contributed by atoms with E-state index in [1.807, 2.05) is 0 Å². The molecule has 0 fully saturated rings. The molecule has 2 nitrogen and oxygen atoms in total. The van der Waals surface area contributed by atoms with Crippen LogP contribution in [0, 0.1) is 6.92 Å². The van der Waals surface area contributed by atoms with Crippen molar-refractivity contribution in [3.8, 4) is 0 Å². The summed E-state index contributed by atoms with van der Waals surface area (Å²) >= 11 is 0. The maximum atomic E-state index is 8.89. The topological polar surface area (TPSA) is 40.1 Å². The fraction of sp³-hybridized carbons (Fsp3) is 0.229. The number of rotatable bonds is 10. The van der Waals surface area contributed by atoms with Crippen molar-refractivity contribution in [2.45, 2.75) is 47.5 Å². The Balaban J connectivity index is 0.00000118. The second kappa shape index (κ2) is 16.4. The first-order valence-corrected chi connectivity index (χ1v) is 15.1. The van der Waals surface area contributed by atoms with E-state index in [0.717, 1.165) is 25.9 Å². The summed E-state index contributed by atoms with van der Waals surface area (Å²) in [5, 5.41) is 13.2. The largest absolute Gasteiger partial charge is 0.550 e. The fourth-order valence-corrected chi connectivity index (χ4v) is 8.34. The molecule has 3 aromatic rings. The van der Waals surface area contributed by atoms with E-state index in [-0.39, 0.29) is 0 Å². The van der Waals surface area contributed by atoms with Crippen LogP contribution in [0.25, 0.3) is 0 Å². The number of carbonyl (C=O) groups is 1. The monoisotopic (exact) mass is 524 g/mol. The average Bonchev–Trinajstić information content (AvgIpc) is 2.89. The van der Waals surface area contributed by atoms with Crippen molar-refractivity contribution in [3.05, 3.63) is 138 Å². The Morgan fingerprint density at radius 1 is 0.763 bits per heavy atom. The van der Waals surface area contributed by atoms with Crippen molar-refractivity contribution < 1.29 is 9.90 Å². The molecule has 0 N–H and O–H groups in total. The predicted molar refractivity (Wildman–Crippen MR) is 166 cm³/mol. The van der Waals surface area contributed by atoms with Crippen LogP contribution in [0.3, 0.4) is 0 Å². The van der Waals surface area contributed by atoms with E-state index in [2.05, 4.69) is 149 Å². The summed E-state index contributed by atoms with van der Waals surface area (Å²) in [7, 11) is -1.81. The molecule has 0 amide bonds. The van der Waals surface area contributed by atoms with Crippen LogP contribution in [0.1, 0.15) is 46.1 Å². The summed E-state index contributed by atoms with van der Waals surface area (Å²) in [4.78, 5) is 8.89. The van der Waals surface area contributed by atoms with E-state index in [1.54, 1.807) is 0 Å². The van der Waals surface area contributed by atoms with Gasteiger partial charge in [0.1, 0.15) is 23.2 Å². The molecule has 3 heteroatoms. The minimum atomic E-state index is -1.81. The Labute approximate surface area is 230 Å². The normalized spacial score (nSPS) is 11.8. The van der Waals surface area contributed by atoms with Gasteiger partial charge in [0.05, 0.1) is 6.16 Å². The molecule has 0 aliphatic heterocycles. The van der Waals surface area contributed by atoms with Crippen molar-refractivity contribution in [1.29, 1.82) is 0 Å². The van der Waals surface area contributed by atoms with Crippen molar-refractivity contribution in [3.63, 3.8) is 0 Å². The minimum Gasteiger partial charge on any atom is -0.550 e. The zero-order valence-corrected chi connectivity index (χ0v) is 24.3. The first kappa shape index (κ1) is 30.7. The Morgan fingerprint density at radius 2 is 1.32 bits per heavy atom. The Bertz CT molecular complexity index is 1200. The molecular formula is C35H41O2P. The van der Waals surface area contributed by atoms with Gasteiger partial charge in [-0.2, -0.15) is 0 Å². The van der Waals surface area contributed by atoms with Crippen molar-refractivity contribution >= 4 is 29.1 Å². The van der Waals surface area contributed by atoms with Crippen LogP contribution in [0.4, 0.5) is 0 Å². The summed E-state index contributed by atoms with van der Waals surface area (Å²) in [6.45, 7) is 9.70. The molecule has 3 aromatic carbocycles. The van der Waals surface area contributed by atoms with E-state index in [0.29, 0.717) is 0 Å². The molecule has 0 unspecified atom stereocenters. The number of hydrogen-bond acceptors (Lipinski definition) is 2. The summed E-state index contributed by atoms with van der Waals surface area (Å²) in [5.74, 6) is -1.08. The van der Waals surface area contributed by atoms with Gasteiger partial charge in [-0.3, -0.25) is 0 Å². The number of carbonyl (C=O) groups excluding carboxylic acids is 1. The molecule has 3 rings (SSSR count). The van der Waals surface area contributed by atoms with E-state index in [9.17, 15) is 0 Å². The highest BCUT2D eigenvalue weighted by molar-refractivity contribution is 7.95. The highest BCUT2D eigenvalue weighted by Gasteiger charge is 2.44. The summed E-state index contributed by atoms with van der Waals surface area (Å²) in [5.41, 5.74) is 4.12. The van der Waals surface area contributed by atoms with Crippen LogP contribution in [-0.2, 0) is 4.79 Å². The van der Waals surface area contributed by atoms with Crippen molar-refractivity contribution in [2.75, 3.05) is 6.16 Å². The highest BCUT2D eigenvalue weighted by Crippen LogP contribution is 2.55. The van der Waals surface area contributed by atoms with Gasteiger partial charge < -0.3 is 9.90 Å². The number of benzene rings is 3. The third kappa shape index (κ3) is 10.1. The number of carboxylic acids is 1. The van der Waals surface area contributed by atoms with E-state index in [4.69, 9.17) is 9.90 Å². The maximum absolute atomic E-state index is 8.89. The van der Waals surface area contributed by atoms with E-state index >= 15 is 0 Å². The van der Waals surface area contributed by atoms with Gasteiger partial charge in [0.25, 0.3) is 0 Å². The van der Waals surface area contributed by atoms with Crippen LogP contribution in [0.2, 0.25) is 0 Å². The molecule has 0 saturated heterocycles. The van der Waals surface area contributed by atoms with Crippen LogP contribution in [-0.4, -0.2) is 12.1 Å². The van der Waals surface area contributed by atoms with Gasteiger partial charge in [0, 0.05) is 5.97 Å². The Kier molecular flexibility index (Phi) is 13.3. The molecule has 0 heterocycles. The Morgan fingerprint density at radius 3 is 1.84 bits per heavy atom. The number of aliphatic carboxylic acids is 1. The van der Waals surface area contributed by atoms with Crippen LogP contribution in [0.15, 0.2) is 133 Å². The van der Waals surface area contributed by atoms with Gasteiger partial charge in [0.15, 0.2) is 0 Å². The van der Waals surface area contributed by atoms with Gasteiger partial charge in [-0.05, 0) is 95.5 Å². The molecule has 198 valence electrons. The van der Waals surface area contributed by atoms with E-state index in [1.165, 1.54) is 32.6 Å². The third-order valence-corrected chi connectivity index (χ3v) is 10.3. The van der Waals surface area contributed by atoms with Crippen LogP contribution < -0.4 is 21.0 Å². The second-order valence-corrected chi connectivity index (χ2v) is 13.2. The molecule has 0 spiro atoms. The van der Waals surface area contributed by atoms with Gasteiger partial charge in [0.2, 0.25) is 0 Å². The minimum absolute atomic E-state index is 0.972. The molecule has 0 aliphatic carbocycles. The zero-order chi connectivity index (χ0) is 27.8. The lowest BCUT2D eigenvalue weighted by molar-refractivity contribution is -0.302. The highest BCUT2D eigenvalue weighted by atomic mass is 31.2. The predicted octanol–water partition coefficient (Wildman–Crippen LogP) is 6.85. The molecule has 0 radical (unpaired) electrons. The molecule has 0 saturated carbocycles. The average molecular weight is 525 g/mol. The van der Waals surface area contributed by atoms with Gasteiger partial charge >= 0.3 is 0 Å². The lowest BCUT2D eigenvalue weighted by atomic mass is 10.1. The van der Waals surface area contributed by atoms with Gasteiger partial charge in [-0.15, -0.1) is 0 Å². The fourth-order valence-electron chi connectivity index (χ4n) is 4.25.